The molecule has 2 aliphatic rings. The van der Waals surface area contributed by atoms with Crippen LogP contribution in [0.5, 0.6) is 0 Å². The topological polar surface area (TPSA) is 21.3 Å². The van der Waals surface area contributed by atoms with E-state index in [4.69, 9.17) is 4.74 Å². The van der Waals surface area contributed by atoms with Gasteiger partial charge in [-0.1, -0.05) is 26.2 Å². The summed E-state index contributed by atoms with van der Waals surface area (Å²) in [5.41, 5.74) is 0. The first-order valence-electron chi connectivity index (χ1n) is 7.75. The van der Waals surface area contributed by atoms with Crippen molar-refractivity contribution in [3.05, 3.63) is 0 Å². The standard InChI is InChI=1S/C15H29NO/c1-2-16-15-11-4-3-7-13(15)8-5-9-14-10-6-12-17-14/h13-16H,2-12H2,1H3. The molecule has 2 fully saturated rings. The quantitative estimate of drug-likeness (QED) is 0.766. The Morgan fingerprint density at radius 3 is 2.71 bits per heavy atom. The molecule has 0 aromatic carbocycles. The largest absolute Gasteiger partial charge is 0.378 e. The van der Waals surface area contributed by atoms with Crippen LogP contribution >= 0.6 is 0 Å². The van der Waals surface area contributed by atoms with Crippen LogP contribution in [0.1, 0.15) is 64.7 Å². The Morgan fingerprint density at radius 2 is 1.94 bits per heavy atom. The van der Waals surface area contributed by atoms with Crippen molar-refractivity contribution in [3.63, 3.8) is 0 Å². The van der Waals surface area contributed by atoms with E-state index in [-0.39, 0.29) is 0 Å². The summed E-state index contributed by atoms with van der Waals surface area (Å²) in [5.74, 6) is 0.935. The average Bonchev–Trinajstić information content (AvgIpc) is 2.85. The van der Waals surface area contributed by atoms with Crippen molar-refractivity contribution in [2.45, 2.75) is 76.9 Å². The Labute approximate surface area is 107 Å². The van der Waals surface area contributed by atoms with Crippen molar-refractivity contribution < 1.29 is 4.74 Å². The minimum Gasteiger partial charge on any atom is -0.378 e. The highest BCUT2D eigenvalue weighted by Gasteiger charge is 2.24. The van der Waals surface area contributed by atoms with E-state index in [2.05, 4.69) is 12.2 Å². The van der Waals surface area contributed by atoms with E-state index in [9.17, 15) is 0 Å². The molecule has 0 radical (unpaired) electrons. The van der Waals surface area contributed by atoms with Crippen LogP contribution in [0.4, 0.5) is 0 Å². The van der Waals surface area contributed by atoms with Gasteiger partial charge in [0, 0.05) is 12.6 Å². The molecule has 2 heteroatoms. The van der Waals surface area contributed by atoms with E-state index in [1.165, 1.54) is 57.8 Å². The summed E-state index contributed by atoms with van der Waals surface area (Å²) in [4.78, 5) is 0. The second kappa shape index (κ2) is 7.38. The van der Waals surface area contributed by atoms with Crippen LogP contribution in [0.2, 0.25) is 0 Å². The fourth-order valence-electron chi connectivity index (χ4n) is 3.56. The minimum absolute atomic E-state index is 0.594. The zero-order valence-corrected chi connectivity index (χ0v) is 11.4. The molecule has 1 saturated heterocycles. The van der Waals surface area contributed by atoms with Crippen molar-refractivity contribution in [2.24, 2.45) is 5.92 Å². The maximum Gasteiger partial charge on any atom is 0.0576 e. The Bertz CT molecular complexity index is 199. The average molecular weight is 239 g/mol. The first-order chi connectivity index (χ1) is 8.40. The summed E-state index contributed by atoms with van der Waals surface area (Å²) in [5, 5.41) is 3.68. The lowest BCUT2D eigenvalue weighted by Gasteiger charge is -2.32. The fourth-order valence-corrected chi connectivity index (χ4v) is 3.56. The van der Waals surface area contributed by atoms with E-state index >= 15 is 0 Å². The van der Waals surface area contributed by atoms with Crippen LogP contribution < -0.4 is 5.32 Å². The summed E-state index contributed by atoms with van der Waals surface area (Å²) in [6.45, 7) is 4.37. The van der Waals surface area contributed by atoms with E-state index < -0.39 is 0 Å². The van der Waals surface area contributed by atoms with E-state index in [0.29, 0.717) is 6.10 Å². The summed E-state index contributed by atoms with van der Waals surface area (Å²) in [6.07, 6.45) is 13.0. The third kappa shape index (κ3) is 4.26. The van der Waals surface area contributed by atoms with E-state index in [1.807, 2.05) is 0 Å². The molecular formula is C15H29NO. The number of ether oxygens (including phenoxy) is 1. The van der Waals surface area contributed by atoms with Gasteiger partial charge in [-0.05, 0) is 51.0 Å². The molecule has 2 rings (SSSR count). The summed E-state index contributed by atoms with van der Waals surface area (Å²) in [7, 11) is 0. The van der Waals surface area contributed by atoms with Gasteiger partial charge >= 0.3 is 0 Å². The molecule has 0 amide bonds. The van der Waals surface area contributed by atoms with Gasteiger partial charge in [0.05, 0.1) is 6.10 Å². The smallest absolute Gasteiger partial charge is 0.0576 e. The first kappa shape index (κ1) is 13.4. The fraction of sp³-hybridized carbons (Fsp3) is 1.00. The van der Waals surface area contributed by atoms with Gasteiger partial charge in [-0.25, -0.2) is 0 Å². The molecule has 1 heterocycles. The second-order valence-electron chi connectivity index (χ2n) is 5.77. The van der Waals surface area contributed by atoms with Gasteiger partial charge in [-0.3, -0.25) is 0 Å². The molecule has 0 aromatic rings. The molecule has 0 spiro atoms. The molecular weight excluding hydrogens is 210 g/mol. The molecule has 0 bridgehead atoms. The van der Waals surface area contributed by atoms with Gasteiger partial charge in [0.1, 0.15) is 0 Å². The summed E-state index contributed by atoms with van der Waals surface area (Å²) < 4.78 is 5.70. The molecule has 1 N–H and O–H groups in total. The minimum atomic E-state index is 0.594. The lowest BCUT2D eigenvalue weighted by atomic mass is 9.81. The van der Waals surface area contributed by atoms with Crippen molar-refractivity contribution in [1.29, 1.82) is 0 Å². The van der Waals surface area contributed by atoms with Gasteiger partial charge in [-0.15, -0.1) is 0 Å². The van der Waals surface area contributed by atoms with Gasteiger partial charge in [0.25, 0.3) is 0 Å². The van der Waals surface area contributed by atoms with Gasteiger partial charge in [0.2, 0.25) is 0 Å². The van der Waals surface area contributed by atoms with Gasteiger partial charge < -0.3 is 10.1 Å². The van der Waals surface area contributed by atoms with Crippen molar-refractivity contribution in [2.75, 3.05) is 13.2 Å². The summed E-state index contributed by atoms with van der Waals surface area (Å²) >= 11 is 0. The zero-order chi connectivity index (χ0) is 11.9. The summed E-state index contributed by atoms with van der Waals surface area (Å²) in [6, 6.07) is 0.804. The third-order valence-electron chi connectivity index (χ3n) is 4.50. The number of hydrogen-bond acceptors (Lipinski definition) is 2. The zero-order valence-electron chi connectivity index (χ0n) is 11.4. The molecule has 3 unspecified atom stereocenters. The highest BCUT2D eigenvalue weighted by atomic mass is 16.5. The lowest BCUT2D eigenvalue weighted by Crippen LogP contribution is -2.38. The van der Waals surface area contributed by atoms with Crippen LogP contribution in [0.3, 0.4) is 0 Å². The molecule has 1 aliphatic carbocycles. The highest BCUT2D eigenvalue weighted by molar-refractivity contribution is 4.81. The lowest BCUT2D eigenvalue weighted by molar-refractivity contribution is 0.0989. The monoisotopic (exact) mass is 239 g/mol. The predicted octanol–water partition coefficient (Wildman–Crippen LogP) is 3.50. The van der Waals surface area contributed by atoms with Crippen LogP contribution in [0.25, 0.3) is 0 Å². The number of nitrogens with one attached hydrogen (secondary N) is 1. The SMILES string of the molecule is CCNC1CCCCC1CCCC1CCCO1. The molecule has 0 aromatic heterocycles. The first-order valence-corrected chi connectivity index (χ1v) is 7.75. The molecule has 17 heavy (non-hydrogen) atoms. The molecule has 3 atom stereocenters. The Balaban J connectivity index is 1.64. The molecule has 1 saturated carbocycles. The Hall–Kier alpha value is -0.0800. The van der Waals surface area contributed by atoms with Gasteiger partial charge in [-0.2, -0.15) is 0 Å². The Kier molecular flexibility index (Phi) is 5.79. The van der Waals surface area contributed by atoms with Crippen molar-refractivity contribution in [3.8, 4) is 0 Å². The predicted molar refractivity (Wildman–Crippen MR) is 72.2 cm³/mol. The van der Waals surface area contributed by atoms with Crippen molar-refractivity contribution >= 4 is 0 Å². The highest BCUT2D eigenvalue weighted by Crippen LogP contribution is 2.29. The number of hydrogen-bond donors (Lipinski definition) is 1. The van der Waals surface area contributed by atoms with Crippen molar-refractivity contribution in [1.82, 2.24) is 5.32 Å². The maximum absolute atomic E-state index is 5.70. The maximum atomic E-state index is 5.70. The van der Waals surface area contributed by atoms with Crippen LogP contribution in [-0.4, -0.2) is 25.3 Å². The van der Waals surface area contributed by atoms with Crippen LogP contribution in [-0.2, 0) is 4.74 Å². The van der Waals surface area contributed by atoms with Crippen LogP contribution in [0.15, 0.2) is 0 Å². The van der Waals surface area contributed by atoms with E-state index in [0.717, 1.165) is 25.1 Å². The molecule has 1 aliphatic heterocycles. The normalized spacial score (nSPS) is 34.1. The van der Waals surface area contributed by atoms with Crippen LogP contribution in [0, 0.1) is 5.92 Å². The number of rotatable bonds is 6. The Morgan fingerprint density at radius 1 is 1.06 bits per heavy atom. The third-order valence-corrected chi connectivity index (χ3v) is 4.50. The van der Waals surface area contributed by atoms with Gasteiger partial charge in [0.15, 0.2) is 0 Å². The second-order valence-corrected chi connectivity index (χ2v) is 5.77. The van der Waals surface area contributed by atoms with E-state index in [1.54, 1.807) is 0 Å². The molecule has 100 valence electrons. The molecule has 2 nitrogen and oxygen atoms in total.